The number of hydrogen-bond acceptors (Lipinski definition) is 1. The molecule has 0 aliphatic heterocycles. The molecule has 0 saturated heterocycles. The van der Waals surface area contributed by atoms with Crippen molar-refractivity contribution < 1.29 is 0 Å². The van der Waals surface area contributed by atoms with Gasteiger partial charge >= 0.3 is 0 Å². The zero-order valence-electron chi connectivity index (χ0n) is 7.78. The summed E-state index contributed by atoms with van der Waals surface area (Å²) < 4.78 is 0. The third kappa shape index (κ3) is 1.83. The standard InChI is InChI=1S/C9H19N/c1-6-8(10)9(4,5)7(2)3/h7,10H,6H2,1-5H3. The molecule has 0 unspecified atom stereocenters. The second-order valence-electron chi connectivity index (χ2n) is 3.71. The van der Waals surface area contributed by atoms with Crippen molar-refractivity contribution in [2.75, 3.05) is 0 Å². The first kappa shape index (κ1) is 9.67. The van der Waals surface area contributed by atoms with Gasteiger partial charge in [0.2, 0.25) is 0 Å². The van der Waals surface area contributed by atoms with E-state index < -0.39 is 0 Å². The fourth-order valence-corrected chi connectivity index (χ4v) is 0.804. The van der Waals surface area contributed by atoms with Gasteiger partial charge in [0.15, 0.2) is 0 Å². The smallest absolute Gasteiger partial charge is 0.0145 e. The Labute approximate surface area is 64.3 Å². The summed E-state index contributed by atoms with van der Waals surface area (Å²) in [6.07, 6.45) is 0.880. The van der Waals surface area contributed by atoms with Gasteiger partial charge in [-0.1, -0.05) is 34.6 Å². The van der Waals surface area contributed by atoms with Crippen LogP contribution in [0.25, 0.3) is 0 Å². The van der Waals surface area contributed by atoms with Crippen LogP contribution in [0.3, 0.4) is 0 Å². The summed E-state index contributed by atoms with van der Waals surface area (Å²) in [7, 11) is 0. The summed E-state index contributed by atoms with van der Waals surface area (Å²) in [5, 5.41) is 7.67. The highest BCUT2D eigenvalue weighted by molar-refractivity contribution is 5.86. The van der Waals surface area contributed by atoms with E-state index in [2.05, 4.69) is 27.7 Å². The molecule has 0 aliphatic rings. The molecular formula is C9H19N. The molecule has 0 radical (unpaired) electrons. The summed E-state index contributed by atoms with van der Waals surface area (Å²) in [4.78, 5) is 0. The molecular weight excluding hydrogens is 122 g/mol. The van der Waals surface area contributed by atoms with Gasteiger partial charge < -0.3 is 5.41 Å². The Morgan fingerprint density at radius 3 is 1.90 bits per heavy atom. The largest absolute Gasteiger partial charge is 0.309 e. The van der Waals surface area contributed by atoms with Crippen molar-refractivity contribution >= 4 is 5.71 Å². The second kappa shape index (κ2) is 3.18. The average Bonchev–Trinajstić information content (AvgIpc) is 1.86. The van der Waals surface area contributed by atoms with Gasteiger partial charge in [-0.25, -0.2) is 0 Å². The molecule has 0 spiro atoms. The van der Waals surface area contributed by atoms with E-state index in [0.717, 1.165) is 12.1 Å². The van der Waals surface area contributed by atoms with Crippen LogP contribution in [-0.2, 0) is 0 Å². The van der Waals surface area contributed by atoms with Gasteiger partial charge in [0.1, 0.15) is 0 Å². The van der Waals surface area contributed by atoms with Crippen molar-refractivity contribution in [3.63, 3.8) is 0 Å². The molecule has 0 rings (SSSR count). The van der Waals surface area contributed by atoms with Crippen molar-refractivity contribution in [1.82, 2.24) is 0 Å². The van der Waals surface area contributed by atoms with Crippen LogP contribution in [0.1, 0.15) is 41.0 Å². The van der Waals surface area contributed by atoms with E-state index in [1.54, 1.807) is 0 Å². The highest BCUT2D eigenvalue weighted by atomic mass is 14.5. The maximum atomic E-state index is 7.67. The van der Waals surface area contributed by atoms with Gasteiger partial charge in [-0.2, -0.15) is 0 Å². The van der Waals surface area contributed by atoms with Crippen LogP contribution < -0.4 is 0 Å². The van der Waals surface area contributed by atoms with E-state index in [1.165, 1.54) is 0 Å². The topological polar surface area (TPSA) is 23.9 Å². The Hall–Kier alpha value is -0.330. The Kier molecular flexibility index (Phi) is 3.07. The SMILES string of the molecule is CCC(=N)C(C)(C)C(C)C. The lowest BCUT2D eigenvalue weighted by Crippen LogP contribution is -2.28. The summed E-state index contributed by atoms with van der Waals surface area (Å²) in [5.41, 5.74) is 0.955. The van der Waals surface area contributed by atoms with E-state index in [0.29, 0.717) is 5.92 Å². The Balaban J connectivity index is 4.24. The minimum absolute atomic E-state index is 0.0920. The third-order valence-electron chi connectivity index (χ3n) is 2.57. The Bertz CT molecular complexity index is 123. The first-order chi connectivity index (χ1) is 4.42. The van der Waals surface area contributed by atoms with Gasteiger partial charge in [0.25, 0.3) is 0 Å². The number of nitrogens with one attached hydrogen (secondary N) is 1. The molecule has 0 bridgehead atoms. The lowest BCUT2D eigenvalue weighted by Gasteiger charge is -2.29. The highest BCUT2D eigenvalue weighted by Crippen LogP contribution is 2.28. The summed E-state index contributed by atoms with van der Waals surface area (Å²) in [5.74, 6) is 0.569. The van der Waals surface area contributed by atoms with Crippen molar-refractivity contribution in [3.8, 4) is 0 Å². The van der Waals surface area contributed by atoms with Gasteiger partial charge in [-0.15, -0.1) is 0 Å². The van der Waals surface area contributed by atoms with Crippen LogP contribution >= 0.6 is 0 Å². The maximum Gasteiger partial charge on any atom is 0.0145 e. The molecule has 1 nitrogen and oxygen atoms in total. The minimum atomic E-state index is 0.0920. The predicted molar refractivity (Wildman–Crippen MR) is 46.6 cm³/mol. The van der Waals surface area contributed by atoms with E-state index in [-0.39, 0.29) is 5.41 Å². The molecule has 1 heteroatoms. The van der Waals surface area contributed by atoms with Gasteiger partial charge in [0, 0.05) is 11.1 Å². The molecule has 0 aromatic carbocycles. The second-order valence-corrected chi connectivity index (χ2v) is 3.71. The quantitative estimate of drug-likeness (QED) is 0.584. The van der Waals surface area contributed by atoms with Crippen LogP contribution in [0.2, 0.25) is 0 Å². The minimum Gasteiger partial charge on any atom is -0.309 e. The molecule has 1 N–H and O–H groups in total. The first-order valence-corrected chi connectivity index (χ1v) is 4.00. The molecule has 0 aromatic rings. The normalized spacial score (nSPS) is 12.2. The van der Waals surface area contributed by atoms with E-state index in [1.807, 2.05) is 6.92 Å². The van der Waals surface area contributed by atoms with Gasteiger partial charge in [-0.3, -0.25) is 0 Å². The number of hydrogen-bond donors (Lipinski definition) is 1. The predicted octanol–water partition coefficient (Wildman–Crippen LogP) is 3.10. The fourth-order valence-electron chi connectivity index (χ4n) is 0.804. The van der Waals surface area contributed by atoms with Crippen LogP contribution in [0.4, 0.5) is 0 Å². The number of rotatable bonds is 3. The Morgan fingerprint density at radius 1 is 1.40 bits per heavy atom. The highest BCUT2D eigenvalue weighted by Gasteiger charge is 2.25. The lowest BCUT2D eigenvalue weighted by atomic mass is 9.76. The molecule has 0 saturated carbocycles. The van der Waals surface area contributed by atoms with Crippen LogP contribution in [0.15, 0.2) is 0 Å². The summed E-state index contributed by atoms with van der Waals surface area (Å²) >= 11 is 0. The molecule has 0 aromatic heterocycles. The van der Waals surface area contributed by atoms with Crippen molar-refractivity contribution in [2.24, 2.45) is 11.3 Å². The molecule has 0 fully saturated rings. The molecule has 10 heavy (non-hydrogen) atoms. The van der Waals surface area contributed by atoms with Gasteiger partial charge in [-0.05, 0) is 12.3 Å². The van der Waals surface area contributed by atoms with Gasteiger partial charge in [0.05, 0.1) is 0 Å². The third-order valence-corrected chi connectivity index (χ3v) is 2.57. The van der Waals surface area contributed by atoms with E-state index in [4.69, 9.17) is 5.41 Å². The maximum absolute atomic E-state index is 7.67. The zero-order valence-corrected chi connectivity index (χ0v) is 7.78. The van der Waals surface area contributed by atoms with Crippen LogP contribution in [0, 0.1) is 16.7 Å². The monoisotopic (exact) mass is 141 g/mol. The molecule has 0 amide bonds. The summed E-state index contributed by atoms with van der Waals surface area (Å²) in [6.45, 7) is 10.7. The molecule has 0 atom stereocenters. The first-order valence-electron chi connectivity index (χ1n) is 4.00. The average molecular weight is 141 g/mol. The Morgan fingerprint density at radius 2 is 1.80 bits per heavy atom. The van der Waals surface area contributed by atoms with Crippen molar-refractivity contribution in [3.05, 3.63) is 0 Å². The summed E-state index contributed by atoms with van der Waals surface area (Å²) in [6, 6.07) is 0. The molecule has 60 valence electrons. The molecule has 0 heterocycles. The van der Waals surface area contributed by atoms with E-state index in [9.17, 15) is 0 Å². The fraction of sp³-hybridized carbons (Fsp3) is 0.889. The van der Waals surface area contributed by atoms with Crippen molar-refractivity contribution in [2.45, 2.75) is 41.0 Å². The van der Waals surface area contributed by atoms with Crippen LogP contribution in [-0.4, -0.2) is 5.71 Å². The lowest BCUT2D eigenvalue weighted by molar-refractivity contribution is 0.358. The molecule has 0 aliphatic carbocycles. The zero-order chi connectivity index (χ0) is 8.36. The van der Waals surface area contributed by atoms with Crippen molar-refractivity contribution in [1.29, 1.82) is 5.41 Å². The van der Waals surface area contributed by atoms with Crippen LogP contribution in [0.5, 0.6) is 0 Å². The van der Waals surface area contributed by atoms with E-state index >= 15 is 0 Å².